The van der Waals surface area contributed by atoms with Gasteiger partial charge in [0.15, 0.2) is 0 Å². The number of amides is 1. The van der Waals surface area contributed by atoms with E-state index in [0.29, 0.717) is 11.8 Å². The lowest BCUT2D eigenvalue weighted by molar-refractivity contribution is -0.132. The molecule has 4 heteroatoms. The maximum Gasteiger partial charge on any atom is 0.233 e. The summed E-state index contributed by atoms with van der Waals surface area (Å²) in [6, 6.07) is 10.1. The van der Waals surface area contributed by atoms with Gasteiger partial charge in [0.2, 0.25) is 5.91 Å². The lowest BCUT2D eigenvalue weighted by Gasteiger charge is -2.21. The Kier molecular flexibility index (Phi) is 3.22. The van der Waals surface area contributed by atoms with Gasteiger partial charge in [-0.3, -0.25) is 4.79 Å². The average molecular weight is 298 g/mol. The van der Waals surface area contributed by atoms with Crippen molar-refractivity contribution in [2.24, 2.45) is 17.6 Å². The molecule has 1 aromatic carbocycles. The first-order valence-corrected chi connectivity index (χ1v) is 8.16. The normalized spacial score (nSPS) is 29.0. The van der Waals surface area contributed by atoms with Crippen LogP contribution in [0.15, 0.2) is 34.7 Å². The minimum absolute atomic E-state index is 0.167. The smallest absolute Gasteiger partial charge is 0.233 e. The van der Waals surface area contributed by atoms with Gasteiger partial charge in [0.25, 0.3) is 0 Å². The fourth-order valence-corrected chi connectivity index (χ4v) is 4.10. The Morgan fingerprint density at radius 2 is 2.14 bits per heavy atom. The zero-order chi connectivity index (χ0) is 15.3. The van der Waals surface area contributed by atoms with Crippen LogP contribution in [0.3, 0.4) is 0 Å². The summed E-state index contributed by atoms with van der Waals surface area (Å²) in [5.74, 6) is 1.78. The molecule has 116 valence electrons. The van der Waals surface area contributed by atoms with Gasteiger partial charge < -0.3 is 15.1 Å². The number of rotatable bonds is 2. The minimum atomic E-state index is -0.234. The molecule has 1 aliphatic heterocycles. The van der Waals surface area contributed by atoms with E-state index in [1.165, 1.54) is 0 Å². The Balaban J connectivity index is 1.53. The number of nitrogens with zero attached hydrogens (tertiary/aromatic N) is 1. The molecule has 1 aliphatic carbocycles. The van der Waals surface area contributed by atoms with Crippen LogP contribution < -0.4 is 5.73 Å². The molecule has 4 rings (SSSR count). The molecular weight excluding hydrogens is 276 g/mol. The number of furan rings is 1. The van der Waals surface area contributed by atoms with Crippen LogP contribution in [0.25, 0.3) is 11.0 Å². The van der Waals surface area contributed by atoms with Gasteiger partial charge in [-0.15, -0.1) is 0 Å². The number of hydrogen-bond acceptors (Lipinski definition) is 3. The quantitative estimate of drug-likeness (QED) is 0.927. The first-order chi connectivity index (χ1) is 10.6. The highest BCUT2D eigenvalue weighted by Crippen LogP contribution is 2.38. The van der Waals surface area contributed by atoms with Crippen LogP contribution in [0.4, 0.5) is 0 Å². The van der Waals surface area contributed by atoms with Gasteiger partial charge in [-0.2, -0.15) is 0 Å². The van der Waals surface area contributed by atoms with Gasteiger partial charge in [0.1, 0.15) is 11.3 Å². The fraction of sp³-hybridized carbons (Fsp3) is 0.500. The maximum atomic E-state index is 12.8. The van der Waals surface area contributed by atoms with Gasteiger partial charge in [0.05, 0.1) is 5.92 Å². The SMILES string of the molecule is CC(C(=O)N1CC2CCC(N)C2C1)c1cc2ccccc2o1. The molecule has 1 amide bonds. The van der Waals surface area contributed by atoms with Crippen LogP contribution in [-0.2, 0) is 4.79 Å². The van der Waals surface area contributed by atoms with Crippen molar-refractivity contribution in [1.29, 1.82) is 0 Å². The molecule has 4 unspecified atom stereocenters. The Bertz CT molecular complexity index is 675. The van der Waals surface area contributed by atoms with Gasteiger partial charge >= 0.3 is 0 Å². The van der Waals surface area contributed by atoms with Gasteiger partial charge in [0, 0.05) is 24.5 Å². The number of benzene rings is 1. The zero-order valence-electron chi connectivity index (χ0n) is 12.9. The van der Waals surface area contributed by atoms with Crippen molar-refractivity contribution in [2.75, 3.05) is 13.1 Å². The van der Waals surface area contributed by atoms with E-state index in [4.69, 9.17) is 10.2 Å². The van der Waals surface area contributed by atoms with E-state index in [9.17, 15) is 4.79 Å². The van der Waals surface area contributed by atoms with E-state index in [-0.39, 0.29) is 17.9 Å². The van der Waals surface area contributed by atoms with E-state index < -0.39 is 0 Å². The molecule has 22 heavy (non-hydrogen) atoms. The number of carbonyl (C=O) groups excluding carboxylic acids is 1. The molecule has 1 saturated carbocycles. The van der Waals surface area contributed by atoms with Crippen molar-refractivity contribution < 1.29 is 9.21 Å². The summed E-state index contributed by atoms with van der Waals surface area (Å²) in [6.45, 7) is 3.62. The first kappa shape index (κ1) is 13.8. The van der Waals surface area contributed by atoms with Crippen LogP contribution in [-0.4, -0.2) is 29.9 Å². The largest absolute Gasteiger partial charge is 0.460 e. The van der Waals surface area contributed by atoms with Crippen molar-refractivity contribution in [2.45, 2.75) is 31.7 Å². The monoisotopic (exact) mass is 298 g/mol. The second-order valence-corrected chi connectivity index (χ2v) is 6.82. The first-order valence-electron chi connectivity index (χ1n) is 8.16. The standard InChI is InChI=1S/C18H22N2O2/c1-11(17-8-12-4-2-3-5-16(12)22-17)18(21)20-9-13-6-7-15(19)14(13)10-20/h2-5,8,11,13-15H,6-7,9-10,19H2,1H3. The van der Waals surface area contributed by atoms with Crippen molar-refractivity contribution >= 4 is 16.9 Å². The van der Waals surface area contributed by atoms with Gasteiger partial charge in [-0.25, -0.2) is 0 Å². The van der Waals surface area contributed by atoms with Crippen LogP contribution >= 0.6 is 0 Å². The molecule has 2 aliphatic rings. The minimum Gasteiger partial charge on any atom is -0.460 e. The highest BCUT2D eigenvalue weighted by Gasteiger charge is 2.43. The number of hydrogen-bond donors (Lipinski definition) is 1. The van der Waals surface area contributed by atoms with Crippen molar-refractivity contribution in [3.8, 4) is 0 Å². The molecule has 2 heterocycles. The van der Waals surface area contributed by atoms with Crippen molar-refractivity contribution in [3.05, 3.63) is 36.1 Å². The molecule has 2 fully saturated rings. The van der Waals surface area contributed by atoms with Crippen LogP contribution in [0.2, 0.25) is 0 Å². The predicted molar refractivity (Wildman–Crippen MR) is 85.4 cm³/mol. The Morgan fingerprint density at radius 3 is 2.91 bits per heavy atom. The van der Waals surface area contributed by atoms with Crippen molar-refractivity contribution in [1.82, 2.24) is 4.90 Å². The maximum absolute atomic E-state index is 12.8. The second-order valence-electron chi connectivity index (χ2n) is 6.82. The summed E-state index contributed by atoms with van der Waals surface area (Å²) in [5, 5.41) is 1.05. The highest BCUT2D eigenvalue weighted by atomic mass is 16.3. The molecule has 0 spiro atoms. The summed E-state index contributed by atoms with van der Waals surface area (Å²) in [6.07, 6.45) is 2.27. The molecule has 0 bridgehead atoms. The highest BCUT2D eigenvalue weighted by molar-refractivity contribution is 5.85. The fourth-order valence-electron chi connectivity index (χ4n) is 4.10. The lowest BCUT2D eigenvalue weighted by atomic mass is 9.98. The van der Waals surface area contributed by atoms with E-state index in [0.717, 1.165) is 42.7 Å². The van der Waals surface area contributed by atoms with Crippen molar-refractivity contribution in [3.63, 3.8) is 0 Å². The third kappa shape index (κ3) is 2.13. The number of carbonyl (C=O) groups is 1. The molecule has 0 radical (unpaired) electrons. The zero-order valence-corrected chi connectivity index (χ0v) is 12.9. The summed E-state index contributed by atoms with van der Waals surface area (Å²) >= 11 is 0. The molecule has 1 saturated heterocycles. The van der Waals surface area contributed by atoms with Crippen LogP contribution in [0.1, 0.15) is 31.4 Å². The van der Waals surface area contributed by atoms with Gasteiger partial charge in [-0.05, 0) is 43.7 Å². The molecule has 2 aromatic rings. The molecule has 4 nitrogen and oxygen atoms in total. The number of fused-ring (bicyclic) bond motifs is 2. The predicted octanol–water partition coefficient (Wildman–Crippen LogP) is 2.73. The summed E-state index contributed by atoms with van der Waals surface area (Å²) < 4.78 is 5.85. The summed E-state index contributed by atoms with van der Waals surface area (Å²) in [4.78, 5) is 14.8. The number of nitrogens with two attached hydrogens (primary N) is 1. The number of para-hydroxylation sites is 1. The topological polar surface area (TPSA) is 59.5 Å². The van der Waals surface area contributed by atoms with Crippen LogP contribution in [0, 0.1) is 11.8 Å². The average Bonchev–Trinajstić information content (AvgIpc) is 3.21. The van der Waals surface area contributed by atoms with E-state index in [1.807, 2.05) is 42.2 Å². The van der Waals surface area contributed by atoms with E-state index in [2.05, 4.69) is 0 Å². The lowest BCUT2D eigenvalue weighted by Crippen LogP contribution is -2.35. The molecular formula is C18H22N2O2. The third-order valence-electron chi connectivity index (χ3n) is 5.47. The van der Waals surface area contributed by atoms with Crippen LogP contribution in [0.5, 0.6) is 0 Å². The summed E-state index contributed by atoms with van der Waals surface area (Å²) in [5.41, 5.74) is 7.01. The number of likely N-dealkylation sites (tertiary alicyclic amines) is 1. The second kappa shape index (κ2) is 5.13. The van der Waals surface area contributed by atoms with E-state index in [1.54, 1.807) is 0 Å². The Morgan fingerprint density at radius 1 is 1.32 bits per heavy atom. The molecule has 2 N–H and O–H groups in total. The molecule has 4 atom stereocenters. The summed E-state index contributed by atoms with van der Waals surface area (Å²) in [7, 11) is 0. The molecule has 1 aromatic heterocycles. The third-order valence-corrected chi connectivity index (χ3v) is 5.47. The Hall–Kier alpha value is -1.81. The van der Waals surface area contributed by atoms with Gasteiger partial charge in [-0.1, -0.05) is 18.2 Å². The Labute approximate surface area is 130 Å². The van der Waals surface area contributed by atoms with E-state index >= 15 is 0 Å².